The molecule has 1 rings (SSSR count). The van der Waals surface area contributed by atoms with Crippen LogP contribution in [-0.2, 0) is 16.0 Å². The smallest absolute Gasteiger partial charge is 0.326 e. The highest BCUT2D eigenvalue weighted by molar-refractivity contribution is 5.83. The first-order chi connectivity index (χ1) is 10.6. The van der Waals surface area contributed by atoms with Gasteiger partial charge in [-0.1, -0.05) is 62.9 Å². The lowest BCUT2D eigenvalue weighted by atomic mass is 10.0. The van der Waals surface area contributed by atoms with Crippen molar-refractivity contribution in [1.29, 1.82) is 0 Å². The summed E-state index contributed by atoms with van der Waals surface area (Å²) in [5.74, 6) is -1.04. The number of rotatable bonds is 10. The number of hydrogen-bond acceptors (Lipinski definition) is 2. The van der Waals surface area contributed by atoms with Crippen molar-refractivity contribution in [3.63, 3.8) is 0 Å². The van der Waals surface area contributed by atoms with Gasteiger partial charge in [-0.25, -0.2) is 4.79 Å². The Morgan fingerprint density at radius 1 is 1.09 bits per heavy atom. The maximum atomic E-state index is 12.2. The topological polar surface area (TPSA) is 57.6 Å². The Hall–Kier alpha value is -1.84. The van der Waals surface area contributed by atoms with E-state index < -0.39 is 12.0 Å². The van der Waals surface area contributed by atoms with E-state index in [-0.39, 0.29) is 5.91 Å². The maximum absolute atomic E-state index is 12.2. The fourth-order valence-electron chi connectivity index (χ4n) is 2.46. The van der Waals surface area contributed by atoms with Crippen LogP contribution in [0.2, 0.25) is 0 Å². The highest BCUT2D eigenvalue weighted by atomic mass is 16.4. The maximum Gasteiger partial charge on any atom is 0.326 e. The molecule has 0 heterocycles. The summed E-state index contributed by atoms with van der Waals surface area (Å²) in [6.07, 6.45) is 6.14. The van der Waals surface area contributed by atoms with Crippen LogP contribution in [0.25, 0.3) is 0 Å². The van der Waals surface area contributed by atoms with Crippen LogP contribution in [0, 0.1) is 0 Å². The number of carboxylic acids is 1. The first-order valence-electron chi connectivity index (χ1n) is 8.08. The lowest BCUT2D eigenvalue weighted by Crippen LogP contribution is -2.43. The molecule has 1 atom stereocenters. The summed E-state index contributed by atoms with van der Waals surface area (Å²) in [7, 11) is 1.59. The summed E-state index contributed by atoms with van der Waals surface area (Å²) < 4.78 is 0. The molecule has 22 heavy (non-hydrogen) atoms. The highest BCUT2D eigenvalue weighted by Crippen LogP contribution is 2.12. The SMILES string of the molecule is CCCCCCCC(=O)N(C)[C@@H](Cc1ccccc1)C(=O)O. The van der Waals surface area contributed by atoms with Gasteiger partial charge in [0.2, 0.25) is 5.91 Å². The Labute approximate surface area is 133 Å². The van der Waals surface area contributed by atoms with Gasteiger partial charge in [0.15, 0.2) is 0 Å². The highest BCUT2D eigenvalue weighted by Gasteiger charge is 2.26. The second-order valence-corrected chi connectivity index (χ2v) is 5.71. The van der Waals surface area contributed by atoms with Crippen molar-refractivity contribution >= 4 is 11.9 Å². The molecule has 0 spiro atoms. The predicted octanol–water partition coefficient (Wildman–Crippen LogP) is 3.50. The number of hydrogen-bond donors (Lipinski definition) is 1. The van der Waals surface area contributed by atoms with Gasteiger partial charge in [-0.2, -0.15) is 0 Å². The van der Waals surface area contributed by atoms with Crippen LogP contribution in [0.4, 0.5) is 0 Å². The number of carbonyl (C=O) groups excluding carboxylic acids is 1. The van der Waals surface area contributed by atoms with E-state index in [1.165, 1.54) is 17.7 Å². The fraction of sp³-hybridized carbons (Fsp3) is 0.556. The first-order valence-corrected chi connectivity index (χ1v) is 8.08. The molecule has 0 bridgehead atoms. The molecule has 1 aromatic rings. The number of aliphatic carboxylic acids is 1. The van der Waals surface area contributed by atoms with Crippen molar-refractivity contribution < 1.29 is 14.7 Å². The number of likely N-dealkylation sites (N-methyl/N-ethyl adjacent to an activating group) is 1. The molecular formula is C18H27NO3. The minimum absolute atomic E-state index is 0.0835. The van der Waals surface area contributed by atoms with Crippen molar-refractivity contribution in [1.82, 2.24) is 4.90 Å². The zero-order chi connectivity index (χ0) is 16.4. The van der Waals surface area contributed by atoms with Gasteiger partial charge in [-0.05, 0) is 12.0 Å². The van der Waals surface area contributed by atoms with Crippen molar-refractivity contribution in [3.8, 4) is 0 Å². The van der Waals surface area contributed by atoms with E-state index in [2.05, 4.69) is 6.92 Å². The molecular weight excluding hydrogens is 278 g/mol. The second kappa shape index (κ2) is 9.98. The molecule has 4 nitrogen and oxygen atoms in total. The van der Waals surface area contributed by atoms with Crippen molar-refractivity contribution in [2.45, 2.75) is 57.9 Å². The molecule has 1 amide bonds. The van der Waals surface area contributed by atoms with E-state index in [9.17, 15) is 14.7 Å². The van der Waals surface area contributed by atoms with E-state index in [1.54, 1.807) is 7.05 Å². The Morgan fingerprint density at radius 2 is 1.73 bits per heavy atom. The summed E-state index contributed by atoms with van der Waals surface area (Å²) in [5.41, 5.74) is 0.928. The Bertz CT molecular complexity index is 459. The van der Waals surface area contributed by atoms with Crippen molar-refractivity contribution in [2.75, 3.05) is 7.05 Å². The average molecular weight is 305 g/mol. The van der Waals surface area contributed by atoms with Crippen LogP contribution in [0.1, 0.15) is 51.0 Å². The minimum atomic E-state index is -0.953. The molecule has 4 heteroatoms. The van der Waals surface area contributed by atoms with Gasteiger partial charge >= 0.3 is 5.97 Å². The molecule has 1 N–H and O–H groups in total. The zero-order valence-electron chi connectivity index (χ0n) is 13.6. The normalized spacial score (nSPS) is 11.9. The summed E-state index contributed by atoms with van der Waals surface area (Å²) >= 11 is 0. The van der Waals surface area contributed by atoms with E-state index >= 15 is 0 Å². The average Bonchev–Trinajstić information content (AvgIpc) is 2.52. The van der Waals surface area contributed by atoms with Gasteiger partial charge in [-0.3, -0.25) is 4.79 Å². The van der Waals surface area contributed by atoms with Gasteiger partial charge < -0.3 is 10.0 Å². The molecule has 0 saturated heterocycles. The molecule has 0 saturated carbocycles. The standard InChI is InChI=1S/C18H27NO3/c1-3-4-5-6-10-13-17(20)19(2)16(18(21)22)14-15-11-8-7-9-12-15/h7-9,11-12,16H,3-6,10,13-14H2,1-2H3,(H,21,22)/t16-/m0/s1. The first kappa shape index (κ1) is 18.2. The molecule has 0 aliphatic carbocycles. The van der Waals surface area contributed by atoms with E-state index in [1.807, 2.05) is 30.3 Å². The monoisotopic (exact) mass is 305 g/mol. The number of benzene rings is 1. The molecule has 0 radical (unpaired) electrons. The number of nitrogens with zero attached hydrogens (tertiary/aromatic N) is 1. The van der Waals surface area contributed by atoms with E-state index in [4.69, 9.17) is 0 Å². The van der Waals surface area contributed by atoms with E-state index in [0.717, 1.165) is 24.8 Å². The van der Waals surface area contributed by atoms with Crippen LogP contribution in [0.5, 0.6) is 0 Å². The third-order valence-corrected chi connectivity index (χ3v) is 3.91. The van der Waals surface area contributed by atoms with Gasteiger partial charge in [0, 0.05) is 19.9 Å². The molecule has 0 aliphatic rings. The lowest BCUT2D eigenvalue weighted by molar-refractivity contribution is -0.149. The number of amides is 1. The van der Waals surface area contributed by atoms with Crippen LogP contribution < -0.4 is 0 Å². The third kappa shape index (κ3) is 6.29. The van der Waals surface area contributed by atoms with Crippen LogP contribution in [0.3, 0.4) is 0 Å². The lowest BCUT2D eigenvalue weighted by Gasteiger charge is -2.25. The molecule has 122 valence electrons. The van der Waals surface area contributed by atoms with Crippen LogP contribution in [0.15, 0.2) is 30.3 Å². The van der Waals surface area contributed by atoms with E-state index in [0.29, 0.717) is 12.8 Å². The zero-order valence-corrected chi connectivity index (χ0v) is 13.6. The Kier molecular flexibility index (Phi) is 8.26. The largest absolute Gasteiger partial charge is 0.480 e. The molecule has 0 aromatic heterocycles. The molecule has 1 aromatic carbocycles. The Balaban J connectivity index is 2.52. The molecule has 0 aliphatic heterocycles. The number of carboxylic acid groups (broad SMARTS) is 1. The summed E-state index contributed by atoms with van der Waals surface area (Å²) in [5, 5.41) is 9.40. The van der Waals surface area contributed by atoms with Gasteiger partial charge in [0.1, 0.15) is 6.04 Å². The number of carbonyl (C=O) groups is 2. The van der Waals surface area contributed by atoms with Crippen LogP contribution in [-0.4, -0.2) is 35.0 Å². The van der Waals surface area contributed by atoms with Crippen molar-refractivity contribution in [3.05, 3.63) is 35.9 Å². The Morgan fingerprint density at radius 3 is 2.32 bits per heavy atom. The second-order valence-electron chi connectivity index (χ2n) is 5.71. The van der Waals surface area contributed by atoms with Gasteiger partial charge in [0.25, 0.3) is 0 Å². The van der Waals surface area contributed by atoms with Crippen molar-refractivity contribution in [2.24, 2.45) is 0 Å². The summed E-state index contributed by atoms with van der Waals surface area (Å²) in [4.78, 5) is 25.0. The van der Waals surface area contributed by atoms with Gasteiger partial charge in [-0.15, -0.1) is 0 Å². The third-order valence-electron chi connectivity index (χ3n) is 3.91. The molecule has 0 fully saturated rings. The predicted molar refractivity (Wildman–Crippen MR) is 87.7 cm³/mol. The molecule has 0 unspecified atom stereocenters. The fourth-order valence-corrected chi connectivity index (χ4v) is 2.46. The van der Waals surface area contributed by atoms with Gasteiger partial charge in [0.05, 0.1) is 0 Å². The summed E-state index contributed by atoms with van der Waals surface area (Å²) in [6.45, 7) is 2.15. The van der Waals surface area contributed by atoms with Crippen LogP contribution >= 0.6 is 0 Å². The number of unbranched alkanes of at least 4 members (excludes halogenated alkanes) is 4. The minimum Gasteiger partial charge on any atom is -0.480 e. The summed E-state index contributed by atoms with van der Waals surface area (Å²) in [6, 6.07) is 8.63. The quantitative estimate of drug-likeness (QED) is 0.673.